The van der Waals surface area contributed by atoms with Crippen LogP contribution in [0.5, 0.6) is 0 Å². The standard InChI is InChI=1S/C14H18FN3O/c1-4-18(3)14(19)10(2)17-9-12-7-5-6-11(8-16)13(12)15/h5-7,10,17H,4,9H2,1-3H3. The lowest BCUT2D eigenvalue weighted by Gasteiger charge is -2.20. The van der Waals surface area contributed by atoms with Crippen LogP contribution < -0.4 is 5.32 Å². The molecule has 102 valence electrons. The van der Waals surface area contributed by atoms with E-state index in [2.05, 4.69) is 5.32 Å². The van der Waals surface area contributed by atoms with Crippen LogP contribution in [0.4, 0.5) is 4.39 Å². The number of hydrogen-bond donors (Lipinski definition) is 1. The topological polar surface area (TPSA) is 56.1 Å². The normalized spacial score (nSPS) is 11.7. The molecule has 0 saturated heterocycles. The molecule has 0 aliphatic rings. The van der Waals surface area contributed by atoms with Crippen molar-refractivity contribution >= 4 is 5.91 Å². The highest BCUT2D eigenvalue weighted by atomic mass is 19.1. The number of rotatable bonds is 5. The van der Waals surface area contributed by atoms with Gasteiger partial charge in [0.05, 0.1) is 11.6 Å². The largest absolute Gasteiger partial charge is 0.345 e. The lowest BCUT2D eigenvalue weighted by atomic mass is 10.1. The van der Waals surface area contributed by atoms with Crippen LogP contribution in [0, 0.1) is 17.1 Å². The summed E-state index contributed by atoms with van der Waals surface area (Å²) < 4.78 is 13.8. The first-order chi connectivity index (χ1) is 9.01. The van der Waals surface area contributed by atoms with Crippen LogP contribution in [-0.4, -0.2) is 30.4 Å². The van der Waals surface area contributed by atoms with E-state index >= 15 is 0 Å². The molecule has 0 spiro atoms. The molecule has 0 fully saturated rings. The molecule has 0 heterocycles. The molecule has 0 radical (unpaired) electrons. The predicted octanol–water partition coefficient (Wildman–Crippen LogP) is 1.65. The highest BCUT2D eigenvalue weighted by Crippen LogP contribution is 2.12. The minimum Gasteiger partial charge on any atom is -0.345 e. The van der Waals surface area contributed by atoms with E-state index in [1.165, 1.54) is 6.07 Å². The van der Waals surface area contributed by atoms with E-state index in [1.807, 2.05) is 6.92 Å². The first-order valence-corrected chi connectivity index (χ1v) is 6.17. The monoisotopic (exact) mass is 263 g/mol. The first kappa shape index (κ1) is 15.1. The number of nitrogens with zero attached hydrogens (tertiary/aromatic N) is 2. The summed E-state index contributed by atoms with van der Waals surface area (Å²) in [6.45, 7) is 4.47. The van der Waals surface area contributed by atoms with Gasteiger partial charge in [-0.3, -0.25) is 4.79 Å². The van der Waals surface area contributed by atoms with Gasteiger partial charge in [0, 0.05) is 25.7 Å². The van der Waals surface area contributed by atoms with Crippen molar-refractivity contribution in [3.63, 3.8) is 0 Å². The SMILES string of the molecule is CCN(C)C(=O)C(C)NCc1cccc(C#N)c1F. The summed E-state index contributed by atoms with van der Waals surface area (Å²) in [6.07, 6.45) is 0. The number of nitrogens with one attached hydrogen (secondary N) is 1. The third-order valence-electron chi connectivity index (χ3n) is 3.02. The molecule has 0 aliphatic heterocycles. The van der Waals surface area contributed by atoms with E-state index in [-0.39, 0.29) is 18.0 Å². The molecule has 1 rings (SSSR count). The maximum Gasteiger partial charge on any atom is 0.239 e. The Morgan fingerprint density at radius 2 is 2.26 bits per heavy atom. The molecule has 5 heteroatoms. The zero-order valence-electron chi connectivity index (χ0n) is 11.4. The highest BCUT2D eigenvalue weighted by Gasteiger charge is 2.16. The molecular formula is C14H18FN3O. The third kappa shape index (κ3) is 3.76. The Morgan fingerprint density at radius 1 is 1.58 bits per heavy atom. The second-order valence-electron chi connectivity index (χ2n) is 4.35. The predicted molar refractivity (Wildman–Crippen MR) is 70.7 cm³/mol. The molecule has 1 aromatic carbocycles. The van der Waals surface area contributed by atoms with Gasteiger partial charge in [-0.15, -0.1) is 0 Å². The quantitative estimate of drug-likeness (QED) is 0.879. The van der Waals surface area contributed by atoms with Crippen molar-refractivity contribution in [3.8, 4) is 6.07 Å². The van der Waals surface area contributed by atoms with Crippen LogP contribution in [0.3, 0.4) is 0 Å². The van der Waals surface area contributed by atoms with Crippen LogP contribution in [-0.2, 0) is 11.3 Å². The molecule has 0 saturated carbocycles. The average molecular weight is 263 g/mol. The van der Waals surface area contributed by atoms with E-state index in [0.717, 1.165) is 0 Å². The number of hydrogen-bond acceptors (Lipinski definition) is 3. The zero-order chi connectivity index (χ0) is 14.4. The summed E-state index contributed by atoms with van der Waals surface area (Å²) in [7, 11) is 1.72. The third-order valence-corrected chi connectivity index (χ3v) is 3.02. The first-order valence-electron chi connectivity index (χ1n) is 6.17. The van der Waals surface area contributed by atoms with Gasteiger partial charge in [0.1, 0.15) is 11.9 Å². The van der Waals surface area contributed by atoms with Gasteiger partial charge in [-0.1, -0.05) is 12.1 Å². The van der Waals surface area contributed by atoms with Crippen LogP contribution >= 0.6 is 0 Å². The van der Waals surface area contributed by atoms with Crippen molar-refractivity contribution < 1.29 is 9.18 Å². The summed E-state index contributed by atoms with van der Waals surface area (Å²) in [6, 6.07) is 6.06. The minimum absolute atomic E-state index is 0.0176. The summed E-state index contributed by atoms with van der Waals surface area (Å²) in [5.41, 5.74) is 0.404. The Bertz CT molecular complexity index is 496. The number of halogens is 1. The van der Waals surface area contributed by atoms with E-state index in [4.69, 9.17) is 5.26 Å². The van der Waals surface area contributed by atoms with E-state index in [9.17, 15) is 9.18 Å². The lowest BCUT2D eigenvalue weighted by Crippen LogP contribution is -2.42. The zero-order valence-corrected chi connectivity index (χ0v) is 11.4. The van der Waals surface area contributed by atoms with Gasteiger partial charge in [-0.25, -0.2) is 4.39 Å². The Hall–Kier alpha value is -1.93. The van der Waals surface area contributed by atoms with E-state index in [0.29, 0.717) is 12.1 Å². The second-order valence-corrected chi connectivity index (χ2v) is 4.35. The molecule has 1 N–H and O–H groups in total. The molecule has 1 unspecified atom stereocenters. The van der Waals surface area contributed by atoms with Crippen molar-refractivity contribution in [1.29, 1.82) is 5.26 Å². The van der Waals surface area contributed by atoms with Gasteiger partial charge >= 0.3 is 0 Å². The Balaban J connectivity index is 2.68. The van der Waals surface area contributed by atoms with Crippen LogP contribution in [0.25, 0.3) is 0 Å². The molecule has 19 heavy (non-hydrogen) atoms. The smallest absolute Gasteiger partial charge is 0.239 e. The number of carbonyl (C=O) groups is 1. The number of benzene rings is 1. The van der Waals surface area contributed by atoms with Gasteiger partial charge in [0.15, 0.2) is 0 Å². The van der Waals surface area contributed by atoms with Gasteiger partial charge in [-0.05, 0) is 19.9 Å². The number of amides is 1. The fourth-order valence-corrected chi connectivity index (χ4v) is 1.64. The summed E-state index contributed by atoms with van der Waals surface area (Å²) in [5.74, 6) is -0.569. The van der Waals surface area contributed by atoms with Crippen molar-refractivity contribution in [1.82, 2.24) is 10.2 Å². The average Bonchev–Trinajstić information content (AvgIpc) is 2.44. The van der Waals surface area contributed by atoms with Crippen molar-refractivity contribution in [3.05, 3.63) is 35.1 Å². The number of nitriles is 1. The Kier molecular flexibility index (Phi) is 5.46. The van der Waals surface area contributed by atoms with E-state index in [1.54, 1.807) is 37.1 Å². The second kappa shape index (κ2) is 6.86. The number of likely N-dealkylation sites (N-methyl/N-ethyl adjacent to an activating group) is 1. The highest BCUT2D eigenvalue weighted by molar-refractivity contribution is 5.81. The van der Waals surface area contributed by atoms with Crippen LogP contribution in [0.15, 0.2) is 18.2 Å². The Morgan fingerprint density at radius 3 is 2.84 bits per heavy atom. The molecular weight excluding hydrogens is 245 g/mol. The fourth-order valence-electron chi connectivity index (χ4n) is 1.64. The Labute approximate surface area is 112 Å². The van der Waals surface area contributed by atoms with Crippen molar-refractivity contribution in [2.75, 3.05) is 13.6 Å². The maximum absolute atomic E-state index is 13.8. The van der Waals surface area contributed by atoms with Crippen LogP contribution in [0.1, 0.15) is 25.0 Å². The molecule has 0 aliphatic carbocycles. The molecule has 1 amide bonds. The molecule has 1 aromatic rings. The molecule has 4 nitrogen and oxygen atoms in total. The van der Waals surface area contributed by atoms with Crippen molar-refractivity contribution in [2.45, 2.75) is 26.4 Å². The molecule has 0 aromatic heterocycles. The summed E-state index contributed by atoms with van der Waals surface area (Å²) >= 11 is 0. The summed E-state index contributed by atoms with van der Waals surface area (Å²) in [5, 5.41) is 11.7. The van der Waals surface area contributed by atoms with Crippen LogP contribution in [0.2, 0.25) is 0 Å². The van der Waals surface area contributed by atoms with Gasteiger partial charge in [0.2, 0.25) is 5.91 Å². The van der Waals surface area contributed by atoms with Gasteiger partial charge < -0.3 is 10.2 Å². The van der Waals surface area contributed by atoms with Gasteiger partial charge in [0.25, 0.3) is 0 Å². The molecule has 0 bridgehead atoms. The fraction of sp³-hybridized carbons (Fsp3) is 0.429. The number of carbonyl (C=O) groups excluding carboxylic acids is 1. The van der Waals surface area contributed by atoms with E-state index < -0.39 is 11.9 Å². The summed E-state index contributed by atoms with van der Waals surface area (Å²) in [4.78, 5) is 13.4. The van der Waals surface area contributed by atoms with Crippen molar-refractivity contribution in [2.24, 2.45) is 0 Å². The molecule has 1 atom stereocenters. The minimum atomic E-state index is -0.527. The maximum atomic E-state index is 13.8. The van der Waals surface area contributed by atoms with Gasteiger partial charge in [-0.2, -0.15) is 5.26 Å². The lowest BCUT2D eigenvalue weighted by molar-refractivity contribution is -0.131.